The van der Waals surface area contributed by atoms with Gasteiger partial charge in [0.15, 0.2) is 9.84 Å². The molecule has 3 nitrogen and oxygen atoms in total. The van der Waals surface area contributed by atoms with Crippen LogP contribution in [0.1, 0.15) is 28.6 Å². The molecule has 1 aliphatic heterocycles. The lowest BCUT2D eigenvalue weighted by atomic mass is 10.2. The van der Waals surface area contributed by atoms with Crippen molar-refractivity contribution in [3.05, 3.63) is 43.7 Å². The first-order chi connectivity index (χ1) is 10.1. The van der Waals surface area contributed by atoms with E-state index in [1.165, 1.54) is 16.2 Å². The molecule has 7 heteroatoms. The molecule has 0 aliphatic carbocycles. The first kappa shape index (κ1) is 15.5. The van der Waals surface area contributed by atoms with Crippen LogP contribution in [0.2, 0.25) is 4.34 Å². The van der Waals surface area contributed by atoms with Crippen molar-refractivity contribution in [2.45, 2.75) is 24.1 Å². The Morgan fingerprint density at radius 1 is 1.33 bits per heavy atom. The van der Waals surface area contributed by atoms with E-state index in [0.29, 0.717) is 12.3 Å². The van der Waals surface area contributed by atoms with Crippen LogP contribution >= 0.6 is 34.3 Å². The summed E-state index contributed by atoms with van der Waals surface area (Å²) in [7, 11) is -2.91. The number of sulfone groups is 1. The molecule has 2 aromatic rings. The highest BCUT2D eigenvalue weighted by atomic mass is 35.5. The van der Waals surface area contributed by atoms with Crippen LogP contribution in [0.3, 0.4) is 0 Å². The van der Waals surface area contributed by atoms with Gasteiger partial charge < -0.3 is 5.32 Å². The van der Waals surface area contributed by atoms with Crippen molar-refractivity contribution in [1.82, 2.24) is 5.32 Å². The van der Waals surface area contributed by atoms with Crippen LogP contribution in [-0.4, -0.2) is 26.0 Å². The summed E-state index contributed by atoms with van der Waals surface area (Å²) in [5.74, 6) is 0.327. The molecule has 1 N–H and O–H groups in total. The summed E-state index contributed by atoms with van der Waals surface area (Å²) in [6.07, 6.45) is 1.54. The smallest absolute Gasteiger partial charge is 0.154 e. The highest BCUT2D eigenvalue weighted by Gasteiger charge is 2.32. The standard InChI is InChI=1S/C14H16ClNO2S3/c15-13-6-5-12(20-13)14(11-4-1-7-19-11)16-9-10-3-2-8-21(10,17)18/h1,4-7,10,14,16H,2-3,8-9H2. The van der Waals surface area contributed by atoms with Gasteiger partial charge in [-0.1, -0.05) is 17.7 Å². The third kappa shape index (κ3) is 3.51. The maximum atomic E-state index is 11.9. The zero-order valence-corrected chi connectivity index (χ0v) is 14.5. The van der Waals surface area contributed by atoms with E-state index in [4.69, 9.17) is 11.6 Å². The maximum absolute atomic E-state index is 11.9. The Bertz CT molecular complexity index is 694. The zero-order chi connectivity index (χ0) is 14.9. The summed E-state index contributed by atoms with van der Waals surface area (Å²) in [4.78, 5) is 2.31. The minimum atomic E-state index is -2.91. The minimum Gasteiger partial charge on any atom is -0.304 e. The third-order valence-electron chi connectivity index (χ3n) is 3.72. The Kier molecular flexibility index (Phi) is 4.71. The van der Waals surface area contributed by atoms with Crippen molar-refractivity contribution >= 4 is 44.1 Å². The quantitative estimate of drug-likeness (QED) is 0.882. The van der Waals surface area contributed by atoms with Gasteiger partial charge in [-0.25, -0.2) is 8.42 Å². The fourth-order valence-electron chi connectivity index (χ4n) is 2.62. The van der Waals surface area contributed by atoms with Gasteiger partial charge in [-0.2, -0.15) is 0 Å². The summed E-state index contributed by atoms with van der Waals surface area (Å²) in [5.41, 5.74) is 0. The van der Waals surface area contributed by atoms with E-state index in [0.717, 1.165) is 22.1 Å². The van der Waals surface area contributed by atoms with Gasteiger partial charge in [0, 0.05) is 16.3 Å². The summed E-state index contributed by atoms with van der Waals surface area (Å²) in [5, 5.41) is 5.21. The number of hydrogen-bond donors (Lipinski definition) is 1. The number of nitrogens with one attached hydrogen (secondary N) is 1. The van der Waals surface area contributed by atoms with E-state index < -0.39 is 9.84 Å². The van der Waals surface area contributed by atoms with Crippen LogP contribution in [-0.2, 0) is 9.84 Å². The fourth-order valence-corrected chi connectivity index (χ4v) is 6.44. The normalized spacial score (nSPS) is 22.4. The van der Waals surface area contributed by atoms with E-state index in [9.17, 15) is 8.42 Å². The molecule has 0 bridgehead atoms. The van der Waals surface area contributed by atoms with Crippen molar-refractivity contribution in [3.8, 4) is 0 Å². The summed E-state index contributed by atoms with van der Waals surface area (Å²) < 4.78 is 24.6. The van der Waals surface area contributed by atoms with E-state index >= 15 is 0 Å². The van der Waals surface area contributed by atoms with Gasteiger partial charge in [-0.3, -0.25) is 0 Å². The van der Waals surface area contributed by atoms with Crippen LogP contribution in [0.4, 0.5) is 0 Å². The van der Waals surface area contributed by atoms with Crippen LogP contribution in [0.15, 0.2) is 29.6 Å². The molecule has 3 heterocycles. The molecule has 114 valence electrons. The Labute approximate surface area is 137 Å². The topological polar surface area (TPSA) is 46.2 Å². The van der Waals surface area contributed by atoms with Gasteiger partial charge in [0.2, 0.25) is 0 Å². The van der Waals surface area contributed by atoms with Crippen molar-refractivity contribution in [1.29, 1.82) is 0 Å². The third-order valence-corrected chi connectivity index (χ3v) is 8.23. The predicted octanol–water partition coefficient (Wildman–Crippen LogP) is 3.72. The predicted molar refractivity (Wildman–Crippen MR) is 90.3 cm³/mol. The highest BCUT2D eigenvalue weighted by molar-refractivity contribution is 7.92. The number of rotatable bonds is 5. The molecule has 1 aliphatic rings. The lowest BCUT2D eigenvalue weighted by molar-refractivity contribution is 0.558. The van der Waals surface area contributed by atoms with Crippen LogP contribution in [0, 0.1) is 0 Å². The Morgan fingerprint density at radius 3 is 2.76 bits per heavy atom. The minimum absolute atomic E-state index is 0.0262. The first-order valence-corrected chi connectivity index (χ1v) is 10.6. The molecular weight excluding hydrogens is 346 g/mol. The average molecular weight is 362 g/mol. The Balaban J connectivity index is 1.77. The average Bonchev–Trinajstić information content (AvgIpc) is 3.13. The largest absolute Gasteiger partial charge is 0.304 e. The molecule has 0 radical (unpaired) electrons. The van der Waals surface area contributed by atoms with Crippen LogP contribution in [0.5, 0.6) is 0 Å². The molecule has 3 rings (SSSR count). The Hall–Kier alpha value is -0.400. The summed E-state index contributed by atoms with van der Waals surface area (Å²) in [6, 6.07) is 8.00. The van der Waals surface area contributed by atoms with Crippen molar-refractivity contribution in [2.75, 3.05) is 12.3 Å². The molecule has 21 heavy (non-hydrogen) atoms. The second-order valence-electron chi connectivity index (χ2n) is 5.13. The number of hydrogen-bond acceptors (Lipinski definition) is 5. The van der Waals surface area contributed by atoms with E-state index in [2.05, 4.69) is 11.4 Å². The van der Waals surface area contributed by atoms with E-state index in [-0.39, 0.29) is 11.3 Å². The van der Waals surface area contributed by atoms with Gasteiger partial charge in [-0.05, 0) is 36.4 Å². The van der Waals surface area contributed by atoms with Crippen LogP contribution in [0.25, 0.3) is 0 Å². The van der Waals surface area contributed by atoms with Gasteiger partial charge in [-0.15, -0.1) is 22.7 Å². The molecule has 2 unspecified atom stereocenters. The van der Waals surface area contributed by atoms with E-state index in [1.54, 1.807) is 11.3 Å². The molecule has 1 saturated heterocycles. The fraction of sp³-hybridized carbons (Fsp3) is 0.429. The van der Waals surface area contributed by atoms with Crippen LogP contribution < -0.4 is 5.32 Å². The molecule has 0 aromatic carbocycles. The SMILES string of the molecule is O=S1(=O)CCCC1CNC(c1cccs1)c1ccc(Cl)s1. The monoisotopic (exact) mass is 361 g/mol. The Morgan fingerprint density at radius 2 is 2.19 bits per heavy atom. The second kappa shape index (κ2) is 6.38. The molecular formula is C14H16ClNO2S3. The van der Waals surface area contributed by atoms with Crippen molar-refractivity contribution in [3.63, 3.8) is 0 Å². The second-order valence-corrected chi connectivity index (χ2v) is 10.3. The molecule has 0 spiro atoms. The summed E-state index contributed by atoms with van der Waals surface area (Å²) >= 11 is 9.24. The lowest BCUT2D eigenvalue weighted by Gasteiger charge is -2.18. The number of halogens is 1. The molecule has 0 amide bonds. The maximum Gasteiger partial charge on any atom is 0.154 e. The number of thiophene rings is 2. The molecule has 1 fully saturated rings. The van der Waals surface area contributed by atoms with Crippen molar-refractivity contribution in [2.24, 2.45) is 0 Å². The van der Waals surface area contributed by atoms with E-state index in [1.807, 2.05) is 23.6 Å². The van der Waals surface area contributed by atoms with Gasteiger partial charge in [0.05, 0.1) is 21.4 Å². The zero-order valence-electron chi connectivity index (χ0n) is 11.3. The van der Waals surface area contributed by atoms with Gasteiger partial charge in [0.1, 0.15) is 0 Å². The summed E-state index contributed by atoms with van der Waals surface area (Å²) in [6.45, 7) is 0.500. The first-order valence-electron chi connectivity index (χ1n) is 6.80. The van der Waals surface area contributed by atoms with Gasteiger partial charge >= 0.3 is 0 Å². The molecule has 2 aromatic heterocycles. The molecule has 2 atom stereocenters. The van der Waals surface area contributed by atoms with Gasteiger partial charge in [0.25, 0.3) is 0 Å². The lowest BCUT2D eigenvalue weighted by Crippen LogP contribution is -2.33. The highest BCUT2D eigenvalue weighted by Crippen LogP contribution is 2.33. The van der Waals surface area contributed by atoms with Crippen molar-refractivity contribution < 1.29 is 8.42 Å². The molecule has 0 saturated carbocycles.